The molecule has 1 amide bonds. The normalized spacial score (nSPS) is 9.94. The molecule has 0 spiro atoms. The molecule has 1 aromatic heterocycles. The van der Waals surface area contributed by atoms with Crippen molar-refractivity contribution in [2.75, 3.05) is 18.2 Å². The van der Waals surface area contributed by atoms with Crippen LogP contribution in [0.2, 0.25) is 0 Å². The Balaban J connectivity index is 2.22. The number of hydrogen-bond acceptors (Lipinski definition) is 4. The summed E-state index contributed by atoms with van der Waals surface area (Å²) in [5.41, 5.74) is 6.80. The second-order valence-electron chi connectivity index (χ2n) is 3.36. The number of amides is 1. The van der Waals surface area contributed by atoms with Gasteiger partial charge in [0.15, 0.2) is 0 Å². The third-order valence-electron chi connectivity index (χ3n) is 2.26. The van der Waals surface area contributed by atoms with E-state index in [1.165, 1.54) is 11.3 Å². The van der Waals surface area contributed by atoms with Crippen LogP contribution in [0, 0.1) is 0 Å². The largest absolute Gasteiger partial charge is 0.495 e. The van der Waals surface area contributed by atoms with Crippen molar-refractivity contribution in [3.8, 4) is 5.75 Å². The lowest BCUT2D eigenvalue weighted by molar-refractivity contribution is 0.103. The molecule has 0 aliphatic carbocycles. The molecule has 0 saturated heterocycles. The van der Waals surface area contributed by atoms with Crippen LogP contribution in [0.15, 0.2) is 35.7 Å². The highest BCUT2D eigenvalue weighted by molar-refractivity contribution is 7.12. The first-order chi connectivity index (χ1) is 8.22. The molecule has 88 valence electrons. The highest BCUT2D eigenvalue weighted by Gasteiger charge is 2.13. The third kappa shape index (κ3) is 2.39. The zero-order chi connectivity index (χ0) is 12.3. The van der Waals surface area contributed by atoms with Crippen molar-refractivity contribution in [1.82, 2.24) is 0 Å². The summed E-state index contributed by atoms with van der Waals surface area (Å²) in [6.07, 6.45) is 0. The van der Waals surface area contributed by atoms with Gasteiger partial charge < -0.3 is 15.8 Å². The minimum absolute atomic E-state index is 0.220. The van der Waals surface area contributed by atoms with Gasteiger partial charge in [0.25, 0.3) is 5.91 Å². The van der Waals surface area contributed by atoms with Crippen LogP contribution in [-0.2, 0) is 0 Å². The van der Waals surface area contributed by atoms with E-state index in [1.54, 1.807) is 30.7 Å². The molecule has 1 aromatic carbocycles. The Morgan fingerprint density at radius 2 is 2.12 bits per heavy atom. The number of para-hydroxylation sites is 2. The van der Waals surface area contributed by atoms with Crippen molar-refractivity contribution in [1.29, 1.82) is 0 Å². The number of ether oxygens (including phenoxy) is 1. The summed E-state index contributed by atoms with van der Waals surface area (Å²) >= 11 is 1.31. The number of hydrogen-bond donors (Lipinski definition) is 2. The van der Waals surface area contributed by atoms with Crippen LogP contribution in [0.1, 0.15) is 9.67 Å². The van der Waals surface area contributed by atoms with Gasteiger partial charge >= 0.3 is 0 Å². The summed E-state index contributed by atoms with van der Waals surface area (Å²) in [5, 5.41) is 4.56. The molecule has 0 aliphatic heterocycles. The zero-order valence-corrected chi connectivity index (χ0v) is 10.1. The van der Waals surface area contributed by atoms with Gasteiger partial charge in [-0.25, -0.2) is 0 Å². The van der Waals surface area contributed by atoms with E-state index in [1.807, 2.05) is 12.1 Å². The molecule has 4 nitrogen and oxygen atoms in total. The van der Waals surface area contributed by atoms with E-state index in [0.717, 1.165) is 0 Å². The molecular weight excluding hydrogens is 236 g/mol. The number of methoxy groups -OCH3 is 1. The lowest BCUT2D eigenvalue weighted by Gasteiger charge is -2.09. The quantitative estimate of drug-likeness (QED) is 0.877. The monoisotopic (exact) mass is 248 g/mol. The minimum Gasteiger partial charge on any atom is -0.495 e. The van der Waals surface area contributed by atoms with Gasteiger partial charge in [-0.15, -0.1) is 11.3 Å². The Kier molecular flexibility index (Phi) is 3.30. The number of thiophene rings is 1. The molecule has 1 heterocycles. The summed E-state index contributed by atoms with van der Waals surface area (Å²) in [5.74, 6) is 0.401. The topological polar surface area (TPSA) is 64.3 Å². The summed E-state index contributed by atoms with van der Waals surface area (Å²) < 4.78 is 5.15. The highest BCUT2D eigenvalue weighted by Crippen LogP contribution is 2.26. The van der Waals surface area contributed by atoms with Crippen LogP contribution in [0.3, 0.4) is 0 Å². The lowest BCUT2D eigenvalue weighted by Crippen LogP contribution is -2.12. The molecule has 0 aliphatic rings. The summed E-state index contributed by atoms with van der Waals surface area (Å²) in [6, 6.07) is 8.94. The number of carbonyl (C=O) groups is 1. The maximum atomic E-state index is 11.9. The fraction of sp³-hybridized carbons (Fsp3) is 0.0833. The smallest absolute Gasteiger partial charge is 0.267 e. The van der Waals surface area contributed by atoms with E-state index < -0.39 is 0 Å². The maximum Gasteiger partial charge on any atom is 0.267 e. The molecule has 3 N–H and O–H groups in total. The lowest BCUT2D eigenvalue weighted by atomic mass is 10.3. The van der Waals surface area contributed by atoms with Crippen molar-refractivity contribution in [3.63, 3.8) is 0 Å². The number of nitrogen functional groups attached to an aromatic ring is 1. The number of nitrogens with two attached hydrogens (primary N) is 1. The SMILES string of the molecule is COc1ccccc1NC(=O)c1sccc1N. The Morgan fingerprint density at radius 1 is 1.35 bits per heavy atom. The molecule has 0 atom stereocenters. The van der Waals surface area contributed by atoms with Gasteiger partial charge in [0.2, 0.25) is 0 Å². The Hall–Kier alpha value is -2.01. The second kappa shape index (κ2) is 4.88. The maximum absolute atomic E-state index is 11.9. The average Bonchev–Trinajstić information content (AvgIpc) is 2.76. The number of rotatable bonds is 3. The molecule has 0 unspecified atom stereocenters. The second-order valence-corrected chi connectivity index (χ2v) is 4.28. The minimum atomic E-state index is -0.220. The van der Waals surface area contributed by atoms with Gasteiger partial charge in [-0.3, -0.25) is 4.79 Å². The molecule has 5 heteroatoms. The van der Waals surface area contributed by atoms with Gasteiger partial charge in [-0.2, -0.15) is 0 Å². The van der Waals surface area contributed by atoms with E-state index >= 15 is 0 Å². The van der Waals surface area contributed by atoms with Crippen molar-refractivity contribution < 1.29 is 9.53 Å². The first-order valence-electron chi connectivity index (χ1n) is 4.99. The van der Waals surface area contributed by atoms with Crippen LogP contribution in [0.5, 0.6) is 5.75 Å². The Bertz CT molecular complexity index is 537. The molecule has 2 aromatic rings. The molecular formula is C12H12N2O2S. The van der Waals surface area contributed by atoms with E-state index in [0.29, 0.717) is 22.0 Å². The van der Waals surface area contributed by atoms with Crippen LogP contribution >= 0.6 is 11.3 Å². The molecule has 0 radical (unpaired) electrons. The zero-order valence-electron chi connectivity index (χ0n) is 9.27. The molecule has 2 rings (SSSR count). The standard InChI is InChI=1S/C12H12N2O2S/c1-16-10-5-3-2-4-9(10)14-12(15)11-8(13)6-7-17-11/h2-7H,13H2,1H3,(H,14,15). The van der Waals surface area contributed by atoms with Crippen LogP contribution in [0.4, 0.5) is 11.4 Å². The fourth-order valence-corrected chi connectivity index (χ4v) is 2.14. The summed E-state index contributed by atoms with van der Waals surface area (Å²) in [7, 11) is 1.56. The van der Waals surface area contributed by atoms with E-state index in [4.69, 9.17) is 10.5 Å². The predicted octanol–water partition coefficient (Wildman–Crippen LogP) is 2.59. The van der Waals surface area contributed by atoms with Crippen LogP contribution in [-0.4, -0.2) is 13.0 Å². The number of benzene rings is 1. The van der Waals surface area contributed by atoms with Crippen molar-refractivity contribution in [2.45, 2.75) is 0 Å². The molecule has 0 saturated carbocycles. The Labute approximate surface area is 103 Å². The summed E-state index contributed by atoms with van der Waals surface area (Å²) in [4.78, 5) is 12.4. The van der Waals surface area contributed by atoms with Crippen LogP contribution < -0.4 is 15.8 Å². The molecule has 17 heavy (non-hydrogen) atoms. The highest BCUT2D eigenvalue weighted by atomic mass is 32.1. The van der Waals surface area contributed by atoms with E-state index in [2.05, 4.69) is 5.32 Å². The van der Waals surface area contributed by atoms with Gasteiger partial charge in [0, 0.05) is 0 Å². The van der Waals surface area contributed by atoms with Crippen molar-refractivity contribution >= 4 is 28.6 Å². The first kappa shape index (κ1) is 11.5. The number of anilines is 2. The van der Waals surface area contributed by atoms with E-state index in [-0.39, 0.29) is 5.91 Å². The fourth-order valence-electron chi connectivity index (χ4n) is 1.43. The van der Waals surface area contributed by atoms with Gasteiger partial charge in [-0.05, 0) is 23.6 Å². The average molecular weight is 248 g/mol. The van der Waals surface area contributed by atoms with Crippen molar-refractivity contribution in [2.24, 2.45) is 0 Å². The Morgan fingerprint density at radius 3 is 2.76 bits per heavy atom. The first-order valence-corrected chi connectivity index (χ1v) is 5.87. The molecule has 0 bridgehead atoms. The van der Waals surface area contributed by atoms with Crippen LogP contribution in [0.25, 0.3) is 0 Å². The molecule has 0 fully saturated rings. The van der Waals surface area contributed by atoms with Gasteiger partial charge in [-0.1, -0.05) is 12.1 Å². The summed E-state index contributed by atoms with van der Waals surface area (Å²) in [6.45, 7) is 0. The number of carbonyl (C=O) groups excluding carboxylic acids is 1. The third-order valence-corrected chi connectivity index (χ3v) is 3.19. The van der Waals surface area contributed by atoms with Gasteiger partial charge in [0.05, 0.1) is 18.5 Å². The van der Waals surface area contributed by atoms with Gasteiger partial charge in [0.1, 0.15) is 10.6 Å². The predicted molar refractivity (Wildman–Crippen MR) is 69.7 cm³/mol. The number of nitrogens with one attached hydrogen (secondary N) is 1. The van der Waals surface area contributed by atoms with Crippen molar-refractivity contribution in [3.05, 3.63) is 40.6 Å². The van der Waals surface area contributed by atoms with E-state index in [9.17, 15) is 4.79 Å².